The van der Waals surface area contributed by atoms with Crippen LogP contribution in [0.25, 0.3) is 11.3 Å². The van der Waals surface area contributed by atoms with Gasteiger partial charge in [-0.1, -0.05) is 12.6 Å². The molecular formula is C21H27F2N3O. The number of hydrogen-bond donors (Lipinski definition) is 2. The number of hydrogen-bond acceptors (Lipinski definition) is 4. The first kappa shape index (κ1) is 20.8. The van der Waals surface area contributed by atoms with Gasteiger partial charge in [0.05, 0.1) is 6.61 Å². The van der Waals surface area contributed by atoms with E-state index in [-0.39, 0.29) is 5.56 Å². The van der Waals surface area contributed by atoms with Crippen LogP contribution in [-0.2, 0) is 12.3 Å². The first-order valence-corrected chi connectivity index (χ1v) is 8.99. The second-order valence-electron chi connectivity index (χ2n) is 6.23. The number of allylic oxidation sites excluding steroid dienone is 1. The van der Waals surface area contributed by atoms with Crippen molar-refractivity contribution in [2.24, 2.45) is 0 Å². The Balaban J connectivity index is 2.66. The molecule has 0 aliphatic carbocycles. The summed E-state index contributed by atoms with van der Waals surface area (Å²) in [6.45, 7) is 8.35. The van der Waals surface area contributed by atoms with Gasteiger partial charge < -0.3 is 15.4 Å². The molecule has 0 bridgehead atoms. The molecule has 1 heterocycles. The highest BCUT2D eigenvalue weighted by Crippen LogP contribution is 2.39. The molecule has 0 amide bonds. The third-order valence-corrected chi connectivity index (χ3v) is 4.31. The van der Waals surface area contributed by atoms with Crippen LogP contribution in [0.1, 0.15) is 23.7 Å². The van der Waals surface area contributed by atoms with Crippen molar-refractivity contribution in [3.8, 4) is 17.0 Å². The zero-order valence-electron chi connectivity index (χ0n) is 16.3. The second-order valence-corrected chi connectivity index (χ2v) is 6.23. The second kappa shape index (κ2) is 8.95. The smallest absolute Gasteiger partial charge is 0.293 e. The Morgan fingerprint density at radius 3 is 2.59 bits per heavy atom. The highest BCUT2D eigenvalue weighted by molar-refractivity contribution is 5.72. The third kappa shape index (κ3) is 4.63. The molecule has 27 heavy (non-hydrogen) atoms. The Labute approximate surface area is 159 Å². The van der Waals surface area contributed by atoms with Crippen LogP contribution in [0.15, 0.2) is 36.9 Å². The van der Waals surface area contributed by atoms with Gasteiger partial charge in [-0.3, -0.25) is 0 Å². The van der Waals surface area contributed by atoms with Gasteiger partial charge in [0, 0.05) is 42.5 Å². The third-order valence-electron chi connectivity index (χ3n) is 4.31. The van der Waals surface area contributed by atoms with E-state index in [2.05, 4.69) is 17.2 Å². The van der Waals surface area contributed by atoms with Crippen molar-refractivity contribution in [2.75, 3.05) is 32.6 Å². The van der Waals surface area contributed by atoms with E-state index < -0.39 is 5.92 Å². The summed E-state index contributed by atoms with van der Waals surface area (Å²) >= 11 is 0. The molecule has 2 aromatic rings. The Morgan fingerprint density at radius 1 is 1.26 bits per heavy atom. The van der Waals surface area contributed by atoms with Crippen LogP contribution in [-0.4, -0.2) is 32.2 Å². The van der Waals surface area contributed by atoms with E-state index in [4.69, 9.17) is 9.72 Å². The molecule has 0 unspecified atom stereocenters. The molecule has 2 rings (SSSR count). The van der Waals surface area contributed by atoms with E-state index in [1.807, 2.05) is 27.0 Å². The zero-order chi connectivity index (χ0) is 20.0. The van der Waals surface area contributed by atoms with Crippen molar-refractivity contribution >= 4 is 5.69 Å². The molecule has 146 valence electrons. The quantitative estimate of drug-likeness (QED) is 0.632. The van der Waals surface area contributed by atoms with Gasteiger partial charge in [-0.25, -0.2) is 4.98 Å². The first-order chi connectivity index (χ1) is 12.9. The lowest BCUT2D eigenvalue weighted by molar-refractivity contribution is 0.0534. The number of benzene rings is 1. The molecule has 0 saturated heterocycles. The van der Waals surface area contributed by atoms with E-state index >= 15 is 0 Å². The van der Waals surface area contributed by atoms with Gasteiger partial charge in [0.2, 0.25) is 0 Å². The maximum Gasteiger partial charge on any atom is 0.293 e. The minimum atomic E-state index is -3.15. The fourth-order valence-electron chi connectivity index (χ4n) is 2.93. The summed E-state index contributed by atoms with van der Waals surface area (Å²) in [5, 5.41) is 5.91. The number of halogens is 2. The Bertz CT molecular complexity index is 806. The molecule has 0 fully saturated rings. The number of nitrogens with zero attached hydrogens (tertiary/aromatic N) is 1. The fourth-order valence-corrected chi connectivity index (χ4v) is 2.93. The van der Waals surface area contributed by atoms with E-state index in [0.717, 1.165) is 24.2 Å². The summed E-state index contributed by atoms with van der Waals surface area (Å²) in [5.41, 5.74) is 3.19. The maximum absolute atomic E-state index is 14.4. The van der Waals surface area contributed by atoms with Crippen molar-refractivity contribution in [3.63, 3.8) is 0 Å². The van der Waals surface area contributed by atoms with Gasteiger partial charge in [0.25, 0.3) is 5.92 Å². The fraction of sp³-hybridized carbons (Fsp3) is 0.381. The predicted molar refractivity (Wildman–Crippen MR) is 107 cm³/mol. The lowest BCUT2D eigenvalue weighted by Gasteiger charge is -2.19. The van der Waals surface area contributed by atoms with Gasteiger partial charge in [0.15, 0.2) is 0 Å². The van der Waals surface area contributed by atoms with Crippen LogP contribution in [0, 0.1) is 6.92 Å². The number of likely N-dealkylation sites (N-methyl/N-ethyl adjacent to an activating group) is 1. The van der Waals surface area contributed by atoms with Gasteiger partial charge in [-0.2, -0.15) is 8.78 Å². The number of anilines is 1. The van der Waals surface area contributed by atoms with Crippen molar-refractivity contribution in [1.29, 1.82) is 0 Å². The minimum Gasteiger partial charge on any atom is -0.491 e. The molecular weight excluding hydrogens is 348 g/mol. The Morgan fingerprint density at radius 2 is 2.00 bits per heavy atom. The number of aromatic nitrogens is 1. The van der Waals surface area contributed by atoms with Crippen LogP contribution in [0.3, 0.4) is 0 Å². The monoisotopic (exact) mass is 375 g/mol. The summed E-state index contributed by atoms with van der Waals surface area (Å²) < 4.78 is 34.6. The summed E-state index contributed by atoms with van der Waals surface area (Å²) in [6.07, 6.45) is 1.39. The molecule has 0 atom stereocenters. The van der Waals surface area contributed by atoms with Crippen molar-refractivity contribution in [3.05, 3.63) is 53.7 Å². The number of aryl methyl sites for hydroxylation is 1. The highest BCUT2D eigenvalue weighted by atomic mass is 19.3. The van der Waals surface area contributed by atoms with Crippen LogP contribution < -0.4 is 15.4 Å². The summed E-state index contributed by atoms with van der Waals surface area (Å²) in [4.78, 5) is 4.71. The van der Waals surface area contributed by atoms with Crippen LogP contribution in [0.2, 0.25) is 0 Å². The molecule has 0 aliphatic heterocycles. The maximum atomic E-state index is 14.4. The standard InChI is InChI=1S/C21H27F2N3O/c1-6-21(22,23)17-13-15(8-9-18(17)25-5)19-20(27-7-2)14(3)12-16(26-19)10-11-24-4/h6,8-9,12-13,24-25H,1,7,10-11H2,2-5H3. The zero-order valence-corrected chi connectivity index (χ0v) is 16.3. The number of rotatable bonds is 9. The van der Waals surface area contributed by atoms with Crippen molar-refractivity contribution in [1.82, 2.24) is 10.3 Å². The predicted octanol–water partition coefficient (Wildman–Crippen LogP) is 4.54. The Hall–Kier alpha value is -2.47. The number of ether oxygens (including phenoxy) is 1. The molecule has 0 aliphatic rings. The van der Waals surface area contributed by atoms with E-state index in [9.17, 15) is 8.78 Å². The van der Waals surface area contributed by atoms with Crippen LogP contribution in [0.4, 0.5) is 14.5 Å². The van der Waals surface area contributed by atoms with Gasteiger partial charge in [-0.05, 0) is 50.7 Å². The summed E-state index contributed by atoms with van der Waals surface area (Å²) in [7, 11) is 3.49. The van der Waals surface area contributed by atoms with Crippen molar-refractivity contribution < 1.29 is 13.5 Å². The molecule has 1 aromatic carbocycles. The van der Waals surface area contributed by atoms with Crippen LogP contribution >= 0.6 is 0 Å². The van der Waals surface area contributed by atoms with Gasteiger partial charge in [-0.15, -0.1) is 0 Å². The average molecular weight is 375 g/mol. The SMILES string of the molecule is C=CC(F)(F)c1cc(-c2nc(CCNC)cc(C)c2OCC)ccc1NC. The first-order valence-electron chi connectivity index (χ1n) is 8.99. The van der Waals surface area contributed by atoms with Gasteiger partial charge in [0.1, 0.15) is 11.4 Å². The number of nitrogens with one attached hydrogen (secondary N) is 2. The average Bonchev–Trinajstić information content (AvgIpc) is 2.67. The molecule has 2 N–H and O–H groups in total. The molecule has 0 spiro atoms. The largest absolute Gasteiger partial charge is 0.491 e. The molecule has 1 aromatic heterocycles. The molecule has 4 nitrogen and oxygen atoms in total. The van der Waals surface area contributed by atoms with E-state index in [1.54, 1.807) is 19.2 Å². The summed E-state index contributed by atoms with van der Waals surface area (Å²) in [6, 6.07) is 6.85. The number of alkyl halides is 2. The summed E-state index contributed by atoms with van der Waals surface area (Å²) in [5.74, 6) is -2.53. The molecule has 0 radical (unpaired) electrons. The Kier molecular flexibility index (Phi) is 6.91. The van der Waals surface area contributed by atoms with Crippen LogP contribution in [0.5, 0.6) is 5.75 Å². The molecule has 6 heteroatoms. The normalized spacial score (nSPS) is 11.3. The van der Waals surface area contributed by atoms with E-state index in [1.165, 1.54) is 6.07 Å². The lowest BCUT2D eigenvalue weighted by Crippen LogP contribution is -2.13. The number of pyridine rings is 1. The minimum absolute atomic E-state index is 0.139. The van der Waals surface area contributed by atoms with Crippen molar-refractivity contribution in [2.45, 2.75) is 26.2 Å². The molecule has 0 saturated carbocycles. The highest BCUT2D eigenvalue weighted by Gasteiger charge is 2.31. The van der Waals surface area contributed by atoms with Gasteiger partial charge >= 0.3 is 0 Å². The topological polar surface area (TPSA) is 46.2 Å². The lowest BCUT2D eigenvalue weighted by atomic mass is 9.99. The van der Waals surface area contributed by atoms with E-state index in [0.29, 0.717) is 35.4 Å².